The largest absolute Gasteiger partial charge is 0.493 e. The first kappa shape index (κ1) is 21.7. The van der Waals surface area contributed by atoms with Gasteiger partial charge in [-0.1, -0.05) is 6.07 Å². The standard InChI is InChI=1S/C24H25NO7/c1-4-31-24(28)22-15(17-6-5-9-32-17)11-16-21(23(22)27)14(12-20(26)25-16)13-7-8-18(29-2)19(10-13)30-3/h5-10,14-15,22H,4,11-12H2,1-3H3,(H,25,26)/t14-,15-,22-/m1/s1. The summed E-state index contributed by atoms with van der Waals surface area (Å²) in [6, 6.07) is 8.74. The molecule has 0 saturated heterocycles. The lowest BCUT2D eigenvalue weighted by molar-refractivity contribution is -0.152. The Bertz CT molecular complexity index is 1070. The second kappa shape index (κ2) is 8.90. The Morgan fingerprint density at radius 1 is 1.12 bits per heavy atom. The lowest BCUT2D eigenvalue weighted by atomic mass is 9.69. The molecule has 8 heteroatoms. The van der Waals surface area contributed by atoms with Gasteiger partial charge in [0.25, 0.3) is 0 Å². The van der Waals surface area contributed by atoms with E-state index in [-0.39, 0.29) is 31.1 Å². The van der Waals surface area contributed by atoms with Gasteiger partial charge in [0.15, 0.2) is 17.3 Å². The van der Waals surface area contributed by atoms with Gasteiger partial charge in [-0.15, -0.1) is 0 Å². The predicted octanol–water partition coefficient (Wildman–Crippen LogP) is 3.09. The van der Waals surface area contributed by atoms with Crippen molar-refractivity contribution in [3.05, 3.63) is 59.2 Å². The fraction of sp³-hybridized carbons (Fsp3) is 0.375. The molecule has 0 saturated carbocycles. The van der Waals surface area contributed by atoms with Crippen LogP contribution < -0.4 is 14.8 Å². The summed E-state index contributed by atoms with van der Waals surface area (Å²) in [5, 5.41) is 2.85. The van der Waals surface area contributed by atoms with Gasteiger partial charge in [0.05, 0.1) is 27.1 Å². The number of nitrogens with one attached hydrogen (secondary N) is 1. The third-order valence-corrected chi connectivity index (χ3v) is 5.99. The highest BCUT2D eigenvalue weighted by Gasteiger charge is 2.48. The number of carbonyl (C=O) groups excluding carboxylic acids is 3. The van der Waals surface area contributed by atoms with E-state index in [1.807, 2.05) is 0 Å². The number of esters is 1. The molecule has 1 aromatic heterocycles. The Morgan fingerprint density at radius 2 is 1.91 bits per heavy atom. The van der Waals surface area contributed by atoms with Gasteiger partial charge in [-0.2, -0.15) is 0 Å². The quantitative estimate of drug-likeness (QED) is 0.545. The summed E-state index contributed by atoms with van der Waals surface area (Å²) >= 11 is 0. The lowest BCUT2D eigenvalue weighted by Gasteiger charge is -2.37. The maximum atomic E-state index is 13.7. The maximum Gasteiger partial charge on any atom is 0.317 e. The van der Waals surface area contributed by atoms with Crippen LogP contribution in [0.25, 0.3) is 0 Å². The molecule has 4 rings (SSSR count). The van der Waals surface area contributed by atoms with Crippen molar-refractivity contribution in [1.82, 2.24) is 5.32 Å². The van der Waals surface area contributed by atoms with Gasteiger partial charge in [-0.05, 0) is 43.2 Å². The molecule has 2 aromatic rings. The molecule has 168 valence electrons. The summed E-state index contributed by atoms with van der Waals surface area (Å²) in [6.07, 6.45) is 1.87. The van der Waals surface area contributed by atoms with Crippen LogP contribution in [0, 0.1) is 5.92 Å². The van der Waals surface area contributed by atoms with Crippen LogP contribution in [0.5, 0.6) is 11.5 Å². The molecule has 1 aliphatic heterocycles. The van der Waals surface area contributed by atoms with Crippen LogP contribution in [-0.2, 0) is 19.1 Å². The minimum atomic E-state index is -1.04. The molecule has 0 fully saturated rings. The fourth-order valence-electron chi connectivity index (χ4n) is 4.58. The topological polar surface area (TPSA) is 104 Å². The highest BCUT2D eigenvalue weighted by Crippen LogP contribution is 2.46. The smallest absolute Gasteiger partial charge is 0.317 e. The van der Waals surface area contributed by atoms with Crippen LogP contribution in [0.1, 0.15) is 42.9 Å². The lowest BCUT2D eigenvalue weighted by Crippen LogP contribution is -2.44. The molecular formula is C24H25NO7. The van der Waals surface area contributed by atoms with Crippen molar-refractivity contribution in [1.29, 1.82) is 0 Å². The number of rotatable bonds is 6. The molecular weight excluding hydrogens is 414 g/mol. The second-order valence-corrected chi connectivity index (χ2v) is 7.73. The zero-order valence-electron chi connectivity index (χ0n) is 18.2. The van der Waals surface area contributed by atoms with Gasteiger partial charge in [-0.25, -0.2) is 0 Å². The van der Waals surface area contributed by atoms with Gasteiger partial charge in [0.1, 0.15) is 11.7 Å². The minimum absolute atomic E-state index is 0.0843. The van der Waals surface area contributed by atoms with Crippen molar-refractivity contribution < 1.29 is 33.0 Å². The Kier molecular flexibility index (Phi) is 6.03. The number of hydrogen-bond acceptors (Lipinski definition) is 7. The van der Waals surface area contributed by atoms with Crippen LogP contribution in [-0.4, -0.2) is 38.5 Å². The molecule has 0 radical (unpaired) electrons. The first-order valence-corrected chi connectivity index (χ1v) is 10.5. The molecule has 1 aliphatic carbocycles. The zero-order valence-corrected chi connectivity index (χ0v) is 18.2. The van der Waals surface area contributed by atoms with E-state index in [1.54, 1.807) is 37.3 Å². The number of ether oxygens (including phenoxy) is 3. The number of furan rings is 1. The average Bonchev–Trinajstić information content (AvgIpc) is 3.32. The van der Waals surface area contributed by atoms with Crippen molar-refractivity contribution in [2.75, 3.05) is 20.8 Å². The highest BCUT2D eigenvalue weighted by atomic mass is 16.5. The van der Waals surface area contributed by atoms with Crippen molar-refractivity contribution in [2.45, 2.75) is 31.6 Å². The molecule has 3 atom stereocenters. The Morgan fingerprint density at radius 3 is 2.56 bits per heavy atom. The van der Waals surface area contributed by atoms with Crippen molar-refractivity contribution in [3.63, 3.8) is 0 Å². The van der Waals surface area contributed by atoms with Crippen LogP contribution in [0.15, 0.2) is 52.3 Å². The summed E-state index contributed by atoms with van der Waals surface area (Å²) in [5.74, 6) is -1.70. The zero-order chi connectivity index (χ0) is 22.8. The van der Waals surface area contributed by atoms with Crippen molar-refractivity contribution in [3.8, 4) is 11.5 Å². The van der Waals surface area contributed by atoms with Crippen LogP contribution >= 0.6 is 0 Å². The first-order chi connectivity index (χ1) is 15.5. The van der Waals surface area contributed by atoms with E-state index >= 15 is 0 Å². The summed E-state index contributed by atoms with van der Waals surface area (Å²) in [4.78, 5) is 39.2. The molecule has 0 unspecified atom stereocenters. The van der Waals surface area contributed by atoms with E-state index in [9.17, 15) is 14.4 Å². The van der Waals surface area contributed by atoms with Gasteiger partial charge >= 0.3 is 5.97 Å². The normalized spacial score (nSPS) is 22.8. The molecule has 8 nitrogen and oxygen atoms in total. The Hall–Kier alpha value is -3.55. The van der Waals surface area contributed by atoms with E-state index in [1.165, 1.54) is 20.5 Å². The molecule has 1 amide bonds. The number of hydrogen-bond donors (Lipinski definition) is 1. The number of methoxy groups -OCH3 is 2. The van der Waals surface area contributed by atoms with Gasteiger partial charge in [0.2, 0.25) is 5.91 Å². The summed E-state index contributed by atoms with van der Waals surface area (Å²) in [6.45, 7) is 1.86. The van der Waals surface area contributed by atoms with Crippen LogP contribution in [0.3, 0.4) is 0 Å². The minimum Gasteiger partial charge on any atom is -0.493 e. The number of amides is 1. The molecule has 2 heterocycles. The van der Waals surface area contributed by atoms with E-state index in [0.29, 0.717) is 28.5 Å². The van der Waals surface area contributed by atoms with Gasteiger partial charge in [0, 0.05) is 29.5 Å². The summed E-state index contributed by atoms with van der Waals surface area (Å²) < 4.78 is 21.5. The molecule has 1 N–H and O–H groups in total. The van der Waals surface area contributed by atoms with Gasteiger partial charge < -0.3 is 23.9 Å². The highest BCUT2D eigenvalue weighted by molar-refractivity contribution is 6.12. The monoisotopic (exact) mass is 439 g/mol. The van der Waals surface area contributed by atoms with E-state index in [2.05, 4.69) is 5.32 Å². The van der Waals surface area contributed by atoms with E-state index < -0.39 is 23.7 Å². The van der Waals surface area contributed by atoms with Crippen LogP contribution in [0.4, 0.5) is 0 Å². The third-order valence-electron chi connectivity index (χ3n) is 5.99. The fourth-order valence-corrected chi connectivity index (χ4v) is 4.58. The van der Waals surface area contributed by atoms with Crippen molar-refractivity contribution >= 4 is 17.7 Å². The number of ketones is 1. The molecule has 0 spiro atoms. The maximum absolute atomic E-state index is 13.7. The number of allylic oxidation sites excluding steroid dienone is 2. The Labute approximate surface area is 185 Å². The summed E-state index contributed by atoms with van der Waals surface area (Å²) in [7, 11) is 3.06. The molecule has 1 aromatic carbocycles. The number of benzene rings is 1. The SMILES string of the molecule is CCOC(=O)[C@H]1C(=O)C2=C(C[C@@H]1c1ccco1)NC(=O)C[C@@H]2c1ccc(OC)c(OC)c1. The Balaban J connectivity index is 1.81. The van der Waals surface area contributed by atoms with Crippen molar-refractivity contribution in [2.24, 2.45) is 5.92 Å². The number of Topliss-reactive ketones (excluding diaryl/α,β-unsaturated/α-hetero) is 1. The van der Waals surface area contributed by atoms with E-state index in [4.69, 9.17) is 18.6 Å². The van der Waals surface area contributed by atoms with E-state index in [0.717, 1.165) is 5.56 Å². The average molecular weight is 439 g/mol. The summed E-state index contributed by atoms with van der Waals surface area (Å²) in [5.41, 5.74) is 1.68. The van der Waals surface area contributed by atoms with Crippen LogP contribution in [0.2, 0.25) is 0 Å². The molecule has 0 bridgehead atoms. The predicted molar refractivity (Wildman–Crippen MR) is 113 cm³/mol. The second-order valence-electron chi connectivity index (χ2n) is 7.73. The molecule has 32 heavy (non-hydrogen) atoms. The number of carbonyl (C=O) groups is 3. The molecule has 2 aliphatic rings. The first-order valence-electron chi connectivity index (χ1n) is 10.5. The third kappa shape index (κ3) is 3.77. The van der Waals surface area contributed by atoms with Gasteiger partial charge in [-0.3, -0.25) is 14.4 Å².